The number of thioether (sulfide) groups is 1. The maximum atomic E-state index is 13.0. The Hall–Kier alpha value is -4.05. The number of hydrogen-bond acceptors (Lipinski definition) is 11. The van der Waals surface area contributed by atoms with E-state index in [1.165, 1.54) is 23.8 Å². The van der Waals surface area contributed by atoms with Crippen LogP contribution >= 0.6 is 23.3 Å². The molecule has 0 aromatic carbocycles. The summed E-state index contributed by atoms with van der Waals surface area (Å²) in [5, 5.41) is 19.9. The molecule has 3 aromatic heterocycles. The molecule has 2 aliphatic heterocycles. The van der Waals surface area contributed by atoms with Crippen molar-refractivity contribution in [2.45, 2.75) is 18.0 Å². The first-order valence-corrected chi connectivity index (χ1v) is 11.9. The third-order valence-corrected chi connectivity index (χ3v) is 7.27. The first kappa shape index (κ1) is 22.7. The van der Waals surface area contributed by atoms with Crippen LogP contribution in [-0.2, 0) is 25.8 Å². The van der Waals surface area contributed by atoms with Crippen LogP contribution in [0, 0.1) is 0 Å². The summed E-state index contributed by atoms with van der Waals surface area (Å²) in [5.41, 5.74) is 6.60. The van der Waals surface area contributed by atoms with Gasteiger partial charge in [-0.1, -0.05) is 10.3 Å². The molecule has 0 radical (unpaired) electrons. The van der Waals surface area contributed by atoms with E-state index in [1.807, 2.05) is 10.6 Å². The van der Waals surface area contributed by atoms with Gasteiger partial charge in [0.25, 0.3) is 11.8 Å². The summed E-state index contributed by atoms with van der Waals surface area (Å²) in [7, 11) is 1.25. The highest BCUT2D eigenvalue weighted by Gasteiger charge is 2.54. The number of aromatic nitrogens is 5. The molecule has 0 bridgehead atoms. The van der Waals surface area contributed by atoms with Gasteiger partial charge in [-0.05, 0) is 6.07 Å². The Labute approximate surface area is 205 Å². The lowest BCUT2D eigenvalue weighted by atomic mass is 10.0. The van der Waals surface area contributed by atoms with Crippen LogP contribution in [0.3, 0.4) is 0 Å². The number of amides is 2. The first-order valence-electron chi connectivity index (χ1n) is 10.1. The molecule has 2 amide bonds. The largest absolute Gasteiger partial charge is 0.477 e. The Morgan fingerprint density at radius 3 is 3.00 bits per heavy atom. The summed E-state index contributed by atoms with van der Waals surface area (Å²) in [5.74, 6) is -2.17. The number of carboxylic acids is 1. The molecule has 2 unspecified atom stereocenters. The number of β-lactam (4-membered cyclic amide) rings is 1. The van der Waals surface area contributed by atoms with Gasteiger partial charge >= 0.3 is 11.6 Å². The quantitative estimate of drug-likeness (QED) is 0.150. The molecule has 1 fully saturated rings. The lowest BCUT2D eigenvalue weighted by Crippen LogP contribution is -2.71. The molecule has 35 heavy (non-hydrogen) atoms. The summed E-state index contributed by atoms with van der Waals surface area (Å²) >= 11 is 2.24. The molecule has 0 saturated carbocycles. The number of carbonyl (C=O) groups is 3. The van der Waals surface area contributed by atoms with Gasteiger partial charge in [-0.15, -0.1) is 16.3 Å². The second kappa shape index (κ2) is 8.95. The number of rotatable bonds is 7. The van der Waals surface area contributed by atoms with E-state index in [4.69, 9.17) is 10.6 Å². The Kier molecular flexibility index (Phi) is 5.81. The molecule has 4 N–H and O–H groups in total. The van der Waals surface area contributed by atoms with E-state index in [2.05, 4.69) is 24.9 Å². The number of fused-ring (bicyclic) bond motifs is 2. The average Bonchev–Trinajstić information content (AvgIpc) is 3.46. The van der Waals surface area contributed by atoms with Gasteiger partial charge in [-0.2, -0.15) is 9.36 Å². The molecule has 0 aliphatic carbocycles. The van der Waals surface area contributed by atoms with Crippen LogP contribution in [0.1, 0.15) is 5.82 Å². The predicted octanol–water partition coefficient (Wildman–Crippen LogP) is -1.16. The number of hydrogen-bond donors (Lipinski definition) is 3. The molecule has 3 aromatic rings. The number of nitrogens with zero attached hydrogens (tertiary/aromatic N) is 7. The second-order valence-corrected chi connectivity index (χ2v) is 9.34. The van der Waals surface area contributed by atoms with E-state index in [9.17, 15) is 19.5 Å². The lowest BCUT2D eigenvalue weighted by Gasteiger charge is -2.49. The maximum absolute atomic E-state index is 13.0. The highest BCUT2D eigenvalue weighted by molar-refractivity contribution is 8.00. The molecule has 180 valence electrons. The van der Waals surface area contributed by atoms with Crippen LogP contribution < -0.4 is 15.6 Å². The number of nitrogen functional groups attached to an aromatic ring is 1. The van der Waals surface area contributed by atoms with Crippen LogP contribution in [0.2, 0.25) is 0 Å². The summed E-state index contributed by atoms with van der Waals surface area (Å²) in [6, 6.07) is 2.69. The van der Waals surface area contributed by atoms with Gasteiger partial charge in [-0.25, -0.2) is 9.36 Å². The zero-order chi connectivity index (χ0) is 24.7. The number of nitrogens with two attached hydrogens (primary N) is 1. The highest BCUT2D eigenvalue weighted by atomic mass is 32.2. The molecular formula is C19H18N9O5S2+. The first-order chi connectivity index (χ1) is 16.9. The number of oxime groups is 1. The van der Waals surface area contributed by atoms with Gasteiger partial charge < -0.3 is 21.0 Å². The second-order valence-electron chi connectivity index (χ2n) is 7.45. The average molecular weight is 517 g/mol. The zero-order valence-corrected chi connectivity index (χ0v) is 19.7. The number of aliphatic carboxylic acids is 1. The van der Waals surface area contributed by atoms with Crippen molar-refractivity contribution in [3.05, 3.63) is 47.8 Å². The van der Waals surface area contributed by atoms with Gasteiger partial charge in [0.15, 0.2) is 11.3 Å². The summed E-state index contributed by atoms with van der Waals surface area (Å²) in [6.45, 7) is 0.270. The molecule has 2 aliphatic rings. The molecular weight excluding hydrogens is 498 g/mol. The van der Waals surface area contributed by atoms with Crippen molar-refractivity contribution in [1.82, 2.24) is 29.2 Å². The van der Waals surface area contributed by atoms with Gasteiger partial charge in [-0.3, -0.25) is 14.5 Å². The van der Waals surface area contributed by atoms with Gasteiger partial charge in [0.2, 0.25) is 11.5 Å². The fourth-order valence-corrected chi connectivity index (χ4v) is 5.67. The number of nitrogens with one attached hydrogen (secondary N) is 1. The molecule has 5 rings (SSSR count). The third kappa shape index (κ3) is 3.95. The molecule has 1 saturated heterocycles. The fourth-order valence-electron chi connectivity index (χ4n) is 3.90. The Morgan fingerprint density at radius 2 is 2.29 bits per heavy atom. The fraction of sp³-hybridized carbons (Fsp3) is 0.263. The van der Waals surface area contributed by atoms with Gasteiger partial charge in [0.1, 0.15) is 37.0 Å². The minimum Gasteiger partial charge on any atom is -0.477 e. The van der Waals surface area contributed by atoms with Crippen molar-refractivity contribution >= 4 is 57.6 Å². The van der Waals surface area contributed by atoms with Crippen molar-refractivity contribution in [1.29, 1.82) is 0 Å². The number of imidazole rings is 1. The standard InChI is InChI=1S/C19H17N9O5S2/c1-33-24-11(14-23-19(20)35-25-14)15(29)22-12-16(30)28-13(18(31)32)9(8-34-17(12)28)7-26-5-6-27-10(26)3-2-4-21-27/h2-6,12,17H,7-8H2,1H3,(H3-,20,22,23,25,29,31,32)/p+1/b24-11-. The monoisotopic (exact) mass is 516 g/mol. The minimum atomic E-state index is -1.21. The molecule has 16 heteroatoms. The van der Waals surface area contributed by atoms with Crippen LogP contribution in [0.25, 0.3) is 5.65 Å². The van der Waals surface area contributed by atoms with Crippen molar-refractivity contribution in [2.75, 3.05) is 18.6 Å². The van der Waals surface area contributed by atoms with E-state index >= 15 is 0 Å². The molecule has 0 spiro atoms. The van der Waals surface area contributed by atoms with Gasteiger partial charge in [0.05, 0.1) is 6.20 Å². The van der Waals surface area contributed by atoms with Crippen molar-refractivity contribution in [3.8, 4) is 0 Å². The zero-order valence-electron chi connectivity index (χ0n) is 18.1. The smallest absolute Gasteiger partial charge is 0.352 e. The van der Waals surface area contributed by atoms with Crippen LogP contribution in [-0.4, -0.2) is 76.8 Å². The lowest BCUT2D eigenvalue weighted by molar-refractivity contribution is -0.662. The Morgan fingerprint density at radius 1 is 1.46 bits per heavy atom. The molecule has 5 heterocycles. The van der Waals surface area contributed by atoms with Crippen LogP contribution in [0.4, 0.5) is 5.13 Å². The highest BCUT2D eigenvalue weighted by Crippen LogP contribution is 2.40. The third-order valence-electron chi connectivity index (χ3n) is 5.39. The maximum Gasteiger partial charge on any atom is 0.352 e. The van der Waals surface area contributed by atoms with E-state index in [0.717, 1.165) is 17.2 Å². The van der Waals surface area contributed by atoms with Gasteiger partial charge in [0, 0.05) is 28.9 Å². The van der Waals surface area contributed by atoms with E-state index in [0.29, 0.717) is 11.3 Å². The van der Waals surface area contributed by atoms with Crippen LogP contribution in [0.5, 0.6) is 0 Å². The normalized spacial score (nSPS) is 20.0. The predicted molar refractivity (Wildman–Crippen MR) is 123 cm³/mol. The van der Waals surface area contributed by atoms with E-state index in [1.54, 1.807) is 29.2 Å². The Bertz CT molecular complexity index is 1410. The minimum absolute atomic E-state index is 0.0357. The molecule has 2 atom stereocenters. The summed E-state index contributed by atoms with van der Waals surface area (Å²) in [4.78, 5) is 47.8. The van der Waals surface area contributed by atoms with Crippen molar-refractivity contribution in [3.63, 3.8) is 0 Å². The van der Waals surface area contributed by atoms with E-state index in [-0.39, 0.29) is 28.9 Å². The Balaban J connectivity index is 1.37. The molecule has 14 nitrogen and oxygen atoms in total. The summed E-state index contributed by atoms with van der Waals surface area (Å²) in [6.07, 6.45) is 5.21. The topological polar surface area (TPSA) is 181 Å². The van der Waals surface area contributed by atoms with E-state index < -0.39 is 29.2 Å². The SMILES string of the molecule is CO/N=C(\C(=O)NC1C(=O)N2C(C(=O)O)=C(C[n+]3ccn4ncccc43)CSC12)c1nsc(N)n1. The summed E-state index contributed by atoms with van der Waals surface area (Å²) < 4.78 is 7.48. The van der Waals surface area contributed by atoms with Crippen molar-refractivity contribution in [2.24, 2.45) is 5.16 Å². The van der Waals surface area contributed by atoms with Crippen molar-refractivity contribution < 1.29 is 28.9 Å². The number of carbonyl (C=O) groups excluding carboxylic acids is 2. The number of carboxylic acid groups (broad SMARTS) is 1. The number of anilines is 1. The van der Waals surface area contributed by atoms with Crippen LogP contribution in [0.15, 0.2) is 47.1 Å².